The van der Waals surface area contributed by atoms with E-state index >= 15 is 0 Å². The van der Waals surface area contributed by atoms with E-state index in [0.29, 0.717) is 0 Å². The zero-order valence-corrected chi connectivity index (χ0v) is 8.36. The van der Waals surface area contributed by atoms with Crippen LogP contribution < -0.4 is 5.32 Å². The van der Waals surface area contributed by atoms with Crippen molar-refractivity contribution in [1.29, 1.82) is 0 Å². The Labute approximate surface area is 78.0 Å². The van der Waals surface area contributed by atoms with Gasteiger partial charge in [0.1, 0.15) is 0 Å². The van der Waals surface area contributed by atoms with Crippen LogP contribution in [0.25, 0.3) is 0 Å². The van der Waals surface area contributed by atoms with Gasteiger partial charge in [-0.3, -0.25) is 4.98 Å². The summed E-state index contributed by atoms with van der Waals surface area (Å²) in [7, 11) is 0. The number of hydrogen-bond donors (Lipinski definition) is 1. The molecule has 0 fully saturated rings. The summed E-state index contributed by atoms with van der Waals surface area (Å²) in [6.45, 7) is 4.46. The molecule has 1 aromatic heterocycles. The molecule has 0 amide bonds. The molecule has 0 aliphatic heterocycles. The minimum atomic E-state index is 1.13. The summed E-state index contributed by atoms with van der Waals surface area (Å²) in [6.07, 6.45) is 5.58. The van der Waals surface area contributed by atoms with Crippen LogP contribution >= 0.6 is 11.3 Å². The Balaban J connectivity index is 1.96. The number of aryl methyl sites for hydroxylation is 1. The first kappa shape index (κ1) is 9.68. The van der Waals surface area contributed by atoms with Crippen LogP contribution in [0, 0.1) is 0 Å². The molecule has 12 heavy (non-hydrogen) atoms. The second-order valence-corrected chi connectivity index (χ2v) is 3.79. The van der Waals surface area contributed by atoms with Gasteiger partial charge in [0.25, 0.3) is 0 Å². The van der Waals surface area contributed by atoms with Crippen LogP contribution in [0.15, 0.2) is 11.7 Å². The molecule has 0 bridgehead atoms. The lowest BCUT2D eigenvalue weighted by atomic mass is 10.3. The SMILES string of the molecule is CCCNCCCc1cncs1. The van der Waals surface area contributed by atoms with Gasteiger partial charge in [-0.05, 0) is 32.4 Å². The molecule has 2 nitrogen and oxygen atoms in total. The van der Waals surface area contributed by atoms with E-state index in [1.165, 1.54) is 24.1 Å². The number of rotatable bonds is 6. The molecule has 1 heterocycles. The largest absolute Gasteiger partial charge is 0.317 e. The average Bonchev–Trinajstić information content (AvgIpc) is 2.57. The van der Waals surface area contributed by atoms with Gasteiger partial charge in [-0.2, -0.15) is 0 Å². The van der Waals surface area contributed by atoms with E-state index in [9.17, 15) is 0 Å². The standard InChI is InChI=1S/C9H16N2S/c1-2-5-10-6-3-4-9-7-11-8-12-9/h7-8,10H,2-6H2,1H3. The molecule has 3 heteroatoms. The maximum Gasteiger partial charge on any atom is 0.0794 e. The lowest BCUT2D eigenvalue weighted by Crippen LogP contribution is -2.16. The van der Waals surface area contributed by atoms with Crippen LogP contribution in [-0.2, 0) is 6.42 Å². The molecule has 0 unspecified atom stereocenters. The summed E-state index contributed by atoms with van der Waals surface area (Å²) in [5, 5.41) is 3.38. The maximum atomic E-state index is 4.04. The van der Waals surface area contributed by atoms with Gasteiger partial charge in [0.05, 0.1) is 5.51 Å². The van der Waals surface area contributed by atoms with Gasteiger partial charge in [-0.1, -0.05) is 6.92 Å². The third-order valence-corrected chi connectivity index (χ3v) is 2.53. The molecule has 0 spiro atoms. The van der Waals surface area contributed by atoms with E-state index < -0.39 is 0 Å². The molecule has 0 saturated heterocycles. The lowest BCUT2D eigenvalue weighted by Gasteiger charge is -2.00. The van der Waals surface area contributed by atoms with Crippen molar-refractivity contribution in [3.8, 4) is 0 Å². The third kappa shape index (κ3) is 3.83. The summed E-state index contributed by atoms with van der Waals surface area (Å²) in [5.41, 5.74) is 1.90. The van der Waals surface area contributed by atoms with Crippen LogP contribution in [-0.4, -0.2) is 18.1 Å². The lowest BCUT2D eigenvalue weighted by molar-refractivity contribution is 0.642. The molecule has 68 valence electrons. The average molecular weight is 184 g/mol. The van der Waals surface area contributed by atoms with Crippen LogP contribution in [0.2, 0.25) is 0 Å². The first-order valence-corrected chi connectivity index (χ1v) is 5.39. The first-order chi connectivity index (χ1) is 5.93. The summed E-state index contributed by atoms with van der Waals surface area (Å²) < 4.78 is 0. The predicted octanol–water partition coefficient (Wildman–Crippen LogP) is 2.08. The van der Waals surface area contributed by atoms with Crippen molar-refractivity contribution in [2.45, 2.75) is 26.2 Å². The van der Waals surface area contributed by atoms with Crippen molar-refractivity contribution in [1.82, 2.24) is 10.3 Å². The quantitative estimate of drug-likeness (QED) is 0.685. The van der Waals surface area contributed by atoms with Crippen LogP contribution in [0.3, 0.4) is 0 Å². The van der Waals surface area contributed by atoms with Crippen LogP contribution in [0.5, 0.6) is 0 Å². The number of aromatic nitrogens is 1. The van der Waals surface area contributed by atoms with Crippen molar-refractivity contribution >= 4 is 11.3 Å². The molecule has 0 aliphatic carbocycles. The molecule has 0 saturated carbocycles. The molecule has 0 radical (unpaired) electrons. The van der Waals surface area contributed by atoms with Crippen molar-refractivity contribution in [3.05, 3.63) is 16.6 Å². The Hall–Kier alpha value is -0.410. The van der Waals surface area contributed by atoms with Gasteiger partial charge in [-0.25, -0.2) is 0 Å². The molecule has 0 aromatic carbocycles. The van der Waals surface area contributed by atoms with Crippen LogP contribution in [0.4, 0.5) is 0 Å². The Kier molecular flexibility index (Phi) is 4.95. The van der Waals surface area contributed by atoms with E-state index in [-0.39, 0.29) is 0 Å². The predicted molar refractivity (Wildman–Crippen MR) is 53.6 cm³/mol. The van der Waals surface area contributed by atoms with Crippen molar-refractivity contribution in [2.75, 3.05) is 13.1 Å². The summed E-state index contributed by atoms with van der Waals surface area (Å²) >= 11 is 1.75. The second-order valence-electron chi connectivity index (χ2n) is 2.82. The fraction of sp³-hybridized carbons (Fsp3) is 0.667. The van der Waals surface area contributed by atoms with Gasteiger partial charge in [0.2, 0.25) is 0 Å². The highest BCUT2D eigenvalue weighted by Crippen LogP contribution is 2.07. The Morgan fingerprint density at radius 1 is 1.50 bits per heavy atom. The number of hydrogen-bond acceptors (Lipinski definition) is 3. The zero-order chi connectivity index (χ0) is 8.65. The Morgan fingerprint density at radius 2 is 2.42 bits per heavy atom. The smallest absolute Gasteiger partial charge is 0.0794 e. The Bertz CT molecular complexity index is 184. The van der Waals surface area contributed by atoms with Crippen molar-refractivity contribution < 1.29 is 0 Å². The maximum absolute atomic E-state index is 4.04. The van der Waals surface area contributed by atoms with Crippen molar-refractivity contribution in [2.24, 2.45) is 0 Å². The van der Waals surface area contributed by atoms with Gasteiger partial charge in [0, 0.05) is 11.1 Å². The van der Waals surface area contributed by atoms with Crippen LogP contribution in [0.1, 0.15) is 24.6 Å². The van der Waals surface area contributed by atoms with E-state index in [4.69, 9.17) is 0 Å². The van der Waals surface area contributed by atoms with E-state index in [0.717, 1.165) is 13.1 Å². The van der Waals surface area contributed by atoms with Gasteiger partial charge in [0.15, 0.2) is 0 Å². The first-order valence-electron chi connectivity index (χ1n) is 4.51. The summed E-state index contributed by atoms with van der Waals surface area (Å²) in [4.78, 5) is 5.43. The highest BCUT2D eigenvalue weighted by atomic mass is 32.1. The highest BCUT2D eigenvalue weighted by molar-refractivity contribution is 7.09. The molecule has 1 aromatic rings. The zero-order valence-electron chi connectivity index (χ0n) is 7.55. The molecule has 0 aliphatic rings. The minimum absolute atomic E-state index is 1.13. The fourth-order valence-corrected chi connectivity index (χ4v) is 1.70. The molecular weight excluding hydrogens is 168 g/mol. The molecule has 1 N–H and O–H groups in total. The van der Waals surface area contributed by atoms with Gasteiger partial charge in [-0.15, -0.1) is 11.3 Å². The van der Waals surface area contributed by atoms with Gasteiger partial charge < -0.3 is 5.32 Å². The monoisotopic (exact) mass is 184 g/mol. The van der Waals surface area contributed by atoms with Crippen molar-refractivity contribution in [3.63, 3.8) is 0 Å². The number of thiazole rings is 1. The summed E-state index contributed by atoms with van der Waals surface area (Å²) in [5.74, 6) is 0. The van der Waals surface area contributed by atoms with E-state index in [2.05, 4.69) is 17.2 Å². The van der Waals surface area contributed by atoms with Gasteiger partial charge >= 0.3 is 0 Å². The molecular formula is C9H16N2S. The normalized spacial score (nSPS) is 10.4. The second kappa shape index (κ2) is 6.14. The topological polar surface area (TPSA) is 24.9 Å². The minimum Gasteiger partial charge on any atom is -0.317 e. The highest BCUT2D eigenvalue weighted by Gasteiger charge is 1.93. The van der Waals surface area contributed by atoms with E-state index in [1.54, 1.807) is 11.3 Å². The van der Waals surface area contributed by atoms with E-state index in [1.807, 2.05) is 11.7 Å². The number of nitrogens with zero attached hydrogens (tertiary/aromatic N) is 1. The molecule has 0 atom stereocenters. The fourth-order valence-electron chi connectivity index (χ4n) is 1.05. The summed E-state index contributed by atoms with van der Waals surface area (Å²) in [6, 6.07) is 0. The number of nitrogens with one attached hydrogen (secondary N) is 1. The third-order valence-electron chi connectivity index (χ3n) is 1.69. The Morgan fingerprint density at radius 3 is 3.08 bits per heavy atom. The molecule has 1 rings (SSSR count).